The molecule has 0 amide bonds. The lowest BCUT2D eigenvalue weighted by atomic mass is 9.96. The largest absolute Gasteiger partial charge is 0.317 e. The molecule has 0 aliphatic carbocycles. The summed E-state index contributed by atoms with van der Waals surface area (Å²) < 4.78 is 13.5. The maximum atomic E-state index is 13.5. The van der Waals surface area contributed by atoms with Gasteiger partial charge in [-0.3, -0.25) is 4.90 Å². The first-order valence-corrected chi connectivity index (χ1v) is 7.73. The molecule has 1 aliphatic rings. The van der Waals surface area contributed by atoms with E-state index in [1.807, 2.05) is 0 Å². The van der Waals surface area contributed by atoms with Crippen LogP contribution in [0.25, 0.3) is 0 Å². The van der Waals surface area contributed by atoms with Crippen LogP contribution in [0.15, 0.2) is 18.2 Å². The van der Waals surface area contributed by atoms with Crippen molar-refractivity contribution in [2.75, 3.05) is 19.6 Å². The summed E-state index contributed by atoms with van der Waals surface area (Å²) >= 11 is 0. The van der Waals surface area contributed by atoms with Crippen molar-refractivity contribution in [1.82, 2.24) is 10.2 Å². The Labute approximate surface area is 126 Å². The van der Waals surface area contributed by atoms with Gasteiger partial charge in [-0.05, 0) is 69.5 Å². The molecule has 1 heterocycles. The molecular formula is C17H24FN3. The van der Waals surface area contributed by atoms with E-state index in [2.05, 4.69) is 30.1 Å². The van der Waals surface area contributed by atoms with Gasteiger partial charge in [0.15, 0.2) is 0 Å². The third-order valence-corrected chi connectivity index (χ3v) is 4.24. The monoisotopic (exact) mass is 289 g/mol. The standard InChI is InChI=1S/C17H24FN3/c1-13(2)21(11-14-5-7-20-8-6-14)12-16-9-17(18)4-3-15(16)10-19/h3-4,9,13-14,20H,5-8,11-12H2,1-2H3. The number of nitriles is 1. The van der Waals surface area contributed by atoms with Gasteiger partial charge in [-0.2, -0.15) is 5.26 Å². The number of nitrogens with zero attached hydrogens (tertiary/aromatic N) is 2. The second-order valence-corrected chi connectivity index (χ2v) is 6.13. The summed E-state index contributed by atoms with van der Waals surface area (Å²) in [4.78, 5) is 2.35. The van der Waals surface area contributed by atoms with Crippen LogP contribution in [-0.2, 0) is 6.54 Å². The summed E-state index contributed by atoms with van der Waals surface area (Å²) in [5, 5.41) is 12.6. The molecule has 4 heteroatoms. The lowest BCUT2D eigenvalue weighted by Crippen LogP contribution is -2.39. The second-order valence-electron chi connectivity index (χ2n) is 6.13. The molecular weight excluding hydrogens is 265 g/mol. The van der Waals surface area contributed by atoms with Crippen molar-refractivity contribution in [3.63, 3.8) is 0 Å². The third-order valence-electron chi connectivity index (χ3n) is 4.24. The molecule has 1 aliphatic heterocycles. The summed E-state index contributed by atoms with van der Waals surface area (Å²) in [6.45, 7) is 8.14. The minimum Gasteiger partial charge on any atom is -0.317 e. The highest BCUT2D eigenvalue weighted by Crippen LogP contribution is 2.19. The van der Waals surface area contributed by atoms with Crippen LogP contribution < -0.4 is 5.32 Å². The zero-order chi connectivity index (χ0) is 15.2. The number of rotatable bonds is 5. The molecule has 3 nitrogen and oxygen atoms in total. The Bertz CT molecular complexity index is 501. The summed E-state index contributed by atoms with van der Waals surface area (Å²) in [7, 11) is 0. The predicted molar refractivity (Wildman–Crippen MR) is 82.3 cm³/mol. The van der Waals surface area contributed by atoms with Gasteiger partial charge in [0, 0.05) is 19.1 Å². The molecule has 21 heavy (non-hydrogen) atoms. The molecule has 0 radical (unpaired) electrons. The molecule has 0 atom stereocenters. The van der Waals surface area contributed by atoms with E-state index in [0.717, 1.165) is 25.2 Å². The summed E-state index contributed by atoms with van der Waals surface area (Å²) in [6, 6.07) is 6.98. The third kappa shape index (κ3) is 4.52. The number of piperidine rings is 1. The van der Waals surface area contributed by atoms with Gasteiger partial charge < -0.3 is 5.32 Å². The fraction of sp³-hybridized carbons (Fsp3) is 0.588. The van der Waals surface area contributed by atoms with Gasteiger partial charge in [-0.25, -0.2) is 4.39 Å². The molecule has 0 saturated carbocycles. The van der Waals surface area contributed by atoms with E-state index < -0.39 is 0 Å². The van der Waals surface area contributed by atoms with E-state index in [4.69, 9.17) is 0 Å². The maximum Gasteiger partial charge on any atom is 0.123 e. The zero-order valence-corrected chi connectivity index (χ0v) is 12.9. The summed E-state index contributed by atoms with van der Waals surface area (Å²) in [6.07, 6.45) is 2.38. The molecule has 0 unspecified atom stereocenters. The highest BCUT2D eigenvalue weighted by molar-refractivity contribution is 5.37. The Hall–Kier alpha value is -1.44. The Kier molecular flexibility index (Phi) is 5.72. The normalized spacial score (nSPS) is 16.4. The Morgan fingerprint density at radius 1 is 1.38 bits per heavy atom. The Morgan fingerprint density at radius 3 is 2.71 bits per heavy atom. The highest BCUT2D eigenvalue weighted by atomic mass is 19.1. The SMILES string of the molecule is CC(C)N(Cc1cc(F)ccc1C#N)CC1CCNCC1. The topological polar surface area (TPSA) is 39.1 Å². The number of hydrogen-bond donors (Lipinski definition) is 1. The highest BCUT2D eigenvalue weighted by Gasteiger charge is 2.20. The molecule has 1 aromatic carbocycles. The molecule has 1 aromatic rings. The fourth-order valence-electron chi connectivity index (χ4n) is 2.87. The van der Waals surface area contributed by atoms with Crippen LogP contribution in [0, 0.1) is 23.1 Å². The van der Waals surface area contributed by atoms with Crippen molar-refractivity contribution in [3.8, 4) is 6.07 Å². The molecule has 0 spiro atoms. The number of nitrogens with one attached hydrogen (secondary N) is 1. The van der Waals surface area contributed by atoms with Crippen molar-refractivity contribution in [2.45, 2.75) is 39.3 Å². The second kappa shape index (κ2) is 7.53. The lowest BCUT2D eigenvalue weighted by molar-refractivity contribution is 0.161. The number of hydrogen-bond acceptors (Lipinski definition) is 3. The maximum absolute atomic E-state index is 13.5. The first kappa shape index (κ1) is 15.9. The lowest BCUT2D eigenvalue weighted by Gasteiger charge is -2.33. The van der Waals surface area contributed by atoms with Crippen molar-refractivity contribution in [2.24, 2.45) is 5.92 Å². The van der Waals surface area contributed by atoms with Crippen molar-refractivity contribution in [1.29, 1.82) is 5.26 Å². The van der Waals surface area contributed by atoms with Gasteiger partial charge >= 0.3 is 0 Å². The van der Waals surface area contributed by atoms with Gasteiger partial charge in [0.25, 0.3) is 0 Å². The Morgan fingerprint density at radius 2 is 2.10 bits per heavy atom. The molecule has 0 bridgehead atoms. The zero-order valence-electron chi connectivity index (χ0n) is 12.9. The first-order chi connectivity index (χ1) is 10.1. The van der Waals surface area contributed by atoms with Crippen molar-refractivity contribution < 1.29 is 4.39 Å². The smallest absolute Gasteiger partial charge is 0.123 e. The molecule has 114 valence electrons. The summed E-state index contributed by atoms with van der Waals surface area (Å²) in [5.41, 5.74) is 1.37. The van der Waals surface area contributed by atoms with Gasteiger partial charge in [-0.1, -0.05) is 0 Å². The average molecular weight is 289 g/mol. The van der Waals surface area contributed by atoms with E-state index in [1.54, 1.807) is 6.07 Å². The molecule has 1 N–H and O–H groups in total. The number of benzene rings is 1. The van der Waals surface area contributed by atoms with Crippen LogP contribution in [0.2, 0.25) is 0 Å². The average Bonchev–Trinajstić information content (AvgIpc) is 2.48. The van der Waals surface area contributed by atoms with E-state index in [9.17, 15) is 9.65 Å². The van der Waals surface area contributed by atoms with Crippen LogP contribution in [0.3, 0.4) is 0 Å². The van der Waals surface area contributed by atoms with Gasteiger partial charge in [0.1, 0.15) is 5.82 Å². The molecule has 2 rings (SSSR count). The van der Waals surface area contributed by atoms with Gasteiger partial charge in [0.2, 0.25) is 0 Å². The van der Waals surface area contributed by atoms with Gasteiger partial charge in [0.05, 0.1) is 11.6 Å². The molecule has 0 aromatic heterocycles. The Balaban J connectivity index is 2.09. The minimum atomic E-state index is -0.269. The van der Waals surface area contributed by atoms with Crippen molar-refractivity contribution in [3.05, 3.63) is 35.1 Å². The molecule has 1 fully saturated rings. The number of halogens is 1. The van der Waals surface area contributed by atoms with Gasteiger partial charge in [-0.15, -0.1) is 0 Å². The van der Waals surface area contributed by atoms with Crippen LogP contribution >= 0.6 is 0 Å². The minimum absolute atomic E-state index is 0.269. The van der Waals surface area contributed by atoms with Crippen LogP contribution in [-0.4, -0.2) is 30.6 Å². The van der Waals surface area contributed by atoms with E-state index >= 15 is 0 Å². The van der Waals surface area contributed by atoms with E-state index in [-0.39, 0.29) is 5.82 Å². The van der Waals surface area contributed by atoms with Crippen LogP contribution in [0.4, 0.5) is 4.39 Å². The predicted octanol–water partition coefficient (Wildman–Crippen LogP) is 2.91. The van der Waals surface area contributed by atoms with Crippen LogP contribution in [0.1, 0.15) is 37.8 Å². The van der Waals surface area contributed by atoms with E-state index in [1.165, 1.54) is 25.0 Å². The first-order valence-electron chi connectivity index (χ1n) is 7.73. The van der Waals surface area contributed by atoms with E-state index in [0.29, 0.717) is 24.1 Å². The van der Waals surface area contributed by atoms with Crippen molar-refractivity contribution >= 4 is 0 Å². The van der Waals surface area contributed by atoms with Crippen LogP contribution in [0.5, 0.6) is 0 Å². The summed E-state index contributed by atoms with van der Waals surface area (Å²) in [5.74, 6) is 0.419. The molecule has 1 saturated heterocycles. The quantitative estimate of drug-likeness (QED) is 0.906. The fourth-order valence-corrected chi connectivity index (χ4v) is 2.87.